The highest BCUT2D eigenvalue weighted by Gasteiger charge is 2.17. The van der Waals surface area contributed by atoms with Crippen molar-refractivity contribution in [3.8, 4) is 0 Å². The summed E-state index contributed by atoms with van der Waals surface area (Å²) in [5, 5.41) is 8.26. The van der Waals surface area contributed by atoms with Crippen molar-refractivity contribution in [2.24, 2.45) is 11.3 Å². The lowest BCUT2D eigenvalue weighted by Gasteiger charge is -2.22. The number of carboxylic acids is 1. The zero-order valence-electron chi connectivity index (χ0n) is 9.87. The van der Waals surface area contributed by atoms with Gasteiger partial charge in [-0.15, -0.1) is 0 Å². The molecule has 0 radical (unpaired) electrons. The maximum atomic E-state index is 10.6. The molecule has 0 saturated heterocycles. The molecule has 15 heavy (non-hydrogen) atoms. The molecule has 0 aliphatic rings. The van der Waals surface area contributed by atoms with Crippen LogP contribution in [0.2, 0.25) is 0 Å². The fraction of sp³-hybridized carbons (Fsp3) is 0.818. The lowest BCUT2D eigenvalue weighted by Crippen LogP contribution is -2.19. The molecule has 0 amide bonds. The number of ether oxygens (including phenoxy) is 1. The zero-order valence-corrected chi connectivity index (χ0v) is 9.87. The van der Waals surface area contributed by atoms with Gasteiger partial charge in [-0.1, -0.05) is 27.7 Å². The maximum Gasteiger partial charge on any atom is 0.417 e. The van der Waals surface area contributed by atoms with Crippen LogP contribution in [0.15, 0.2) is 0 Å². The SMILES string of the molecule is CC(CCOC(=O)C(=O)O)CC(C)(C)C. The summed E-state index contributed by atoms with van der Waals surface area (Å²) >= 11 is 0. The van der Waals surface area contributed by atoms with Gasteiger partial charge in [-0.2, -0.15) is 0 Å². The van der Waals surface area contributed by atoms with E-state index in [1.165, 1.54) is 0 Å². The Morgan fingerprint density at radius 3 is 2.27 bits per heavy atom. The molecule has 0 saturated carbocycles. The van der Waals surface area contributed by atoms with Crippen LogP contribution in [0.5, 0.6) is 0 Å². The largest absolute Gasteiger partial charge is 0.473 e. The molecule has 1 atom stereocenters. The molecular weight excluding hydrogens is 196 g/mol. The number of carbonyl (C=O) groups excluding carboxylic acids is 1. The van der Waals surface area contributed by atoms with Crippen molar-refractivity contribution in [3.05, 3.63) is 0 Å². The second-order valence-corrected chi connectivity index (χ2v) is 5.10. The molecule has 0 spiro atoms. The zero-order chi connectivity index (χ0) is 12.1. The van der Waals surface area contributed by atoms with Gasteiger partial charge in [0.2, 0.25) is 0 Å². The van der Waals surface area contributed by atoms with Gasteiger partial charge in [-0.05, 0) is 24.2 Å². The highest BCUT2D eigenvalue weighted by Crippen LogP contribution is 2.25. The Balaban J connectivity index is 3.69. The van der Waals surface area contributed by atoms with Crippen LogP contribution >= 0.6 is 0 Å². The van der Waals surface area contributed by atoms with Crippen LogP contribution in [0.25, 0.3) is 0 Å². The van der Waals surface area contributed by atoms with E-state index in [1.54, 1.807) is 0 Å². The highest BCUT2D eigenvalue weighted by molar-refractivity contribution is 6.28. The minimum atomic E-state index is -1.53. The molecule has 4 nitrogen and oxygen atoms in total. The smallest absolute Gasteiger partial charge is 0.417 e. The Morgan fingerprint density at radius 2 is 1.87 bits per heavy atom. The first-order valence-electron chi connectivity index (χ1n) is 5.12. The number of rotatable bonds is 4. The molecule has 0 aliphatic heterocycles. The fourth-order valence-corrected chi connectivity index (χ4v) is 1.56. The second-order valence-electron chi connectivity index (χ2n) is 5.10. The molecule has 0 aromatic heterocycles. The van der Waals surface area contributed by atoms with Crippen LogP contribution in [0.4, 0.5) is 0 Å². The van der Waals surface area contributed by atoms with Gasteiger partial charge in [0.1, 0.15) is 0 Å². The number of hydrogen-bond acceptors (Lipinski definition) is 3. The average molecular weight is 216 g/mol. The van der Waals surface area contributed by atoms with Crippen molar-refractivity contribution in [3.63, 3.8) is 0 Å². The van der Waals surface area contributed by atoms with Gasteiger partial charge in [0.25, 0.3) is 0 Å². The van der Waals surface area contributed by atoms with Gasteiger partial charge in [-0.25, -0.2) is 9.59 Å². The minimum Gasteiger partial charge on any atom is -0.473 e. The van der Waals surface area contributed by atoms with E-state index in [1.807, 2.05) is 0 Å². The highest BCUT2D eigenvalue weighted by atomic mass is 16.6. The van der Waals surface area contributed by atoms with Crippen LogP contribution in [0.1, 0.15) is 40.5 Å². The van der Waals surface area contributed by atoms with E-state index in [2.05, 4.69) is 32.4 Å². The first-order chi connectivity index (χ1) is 6.72. The molecule has 0 aromatic rings. The van der Waals surface area contributed by atoms with Gasteiger partial charge in [0.15, 0.2) is 0 Å². The Kier molecular flexibility index (Phi) is 5.33. The fourth-order valence-electron chi connectivity index (χ4n) is 1.56. The van der Waals surface area contributed by atoms with Crippen LogP contribution in [-0.4, -0.2) is 23.7 Å². The minimum absolute atomic E-state index is 0.183. The Hall–Kier alpha value is -1.06. The predicted octanol–water partition coefficient (Wildman–Crippen LogP) is 2.08. The topological polar surface area (TPSA) is 63.6 Å². The Morgan fingerprint density at radius 1 is 1.33 bits per heavy atom. The molecule has 0 fully saturated rings. The average Bonchev–Trinajstić information content (AvgIpc) is 2.00. The third-order valence-corrected chi connectivity index (χ3v) is 1.98. The van der Waals surface area contributed by atoms with Gasteiger partial charge in [-0.3, -0.25) is 0 Å². The Bertz CT molecular complexity index is 227. The van der Waals surface area contributed by atoms with Crippen LogP contribution < -0.4 is 0 Å². The molecule has 1 unspecified atom stereocenters. The monoisotopic (exact) mass is 216 g/mol. The summed E-state index contributed by atoms with van der Waals surface area (Å²) in [6, 6.07) is 0. The standard InChI is InChI=1S/C11H20O4/c1-8(7-11(2,3)4)5-6-15-10(14)9(12)13/h8H,5-7H2,1-4H3,(H,12,13). The molecule has 4 heteroatoms. The van der Waals surface area contributed by atoms with Crippen molar-refractivity contribution < 1.29 is 19.4 Å². The third-order valence-electron chi connectivity index (χ3n) is 1.98. The van der Waals surface area contributed by atoms with Gasteiger partial charge in [0, 0.05) is 0 Å². The van der Waals surface area contributed by atoms with E-state index in [-0.39, 0.29) is 12.0 Å². The number of aliphatic carboxylic acids is 1. The molecular formula is C11H20O4. The van der Waals surface area contributed by atoms with Crippen LogP contribution in [0.3, 0.4) is 0 Å². The summed E-state index contributed by atoms with van der Waals surface area (Å²) in [6.45, 7) is 8.69. The molecule has 0 rings (SSSR count). The third kappa shape index (κ3) is 7.97. The van der Waals surface area contributed by atoms with Crippen molar-refractivity contribution >= 4 is 11.9 Å². The Labute approximate surface area is 90.6 Å². The molecule has 0 aliphatic carbocycles. The summed E-state index contributed by atoms with van der Waals surface area (Å²) in [5.74, 6) is -2.27. The van der Waals surface area contributed by atoms with Crippen molar-refractivity contribution in [2.75, 3.05) is 6.61 Å². The van der Waals surface area contributed by atoms with E-state index in [4.69, 9.17) is 5.11 Å². The second kappa shape index (κ2) is 5.73. The maximum absolute atomic E-state index is 10.6. The van der Waals surface area contributed by atoms with E-state index in [0.717, 1.165) is 6.42 Å². The predicted molar refractivity (Wildman–Crippen MR) is 56.4 cm³/mol. The lowest BCUT2D eigenvalue weighted by molar-refractivity contribution is -0.164. The number of hydrogen-bond donors (Lipinski definition) is 1. The molecule has 0 aromatic carbocycles. The number of esters is 1. The first kappa shape index (κ1) is 13.9. The summed E-state index contributed by atoms with van der Waals surface area (Å²) in [5.41, 5.74) is 0.246. The summed E-state index contributed by atoms with van der Waals surface area (Å²) in [6.07, 6.45) is 1.73. The molecule has 88 valence electrons. The summed E-state index contributed by atoms with van der Waals surface area (Å²) in [4.78, 5) is 20.7. The van der Waals surface area contributed by atoms with E-state index >= 15 is 0 Å². The van der Waals surface area contributed by atoms with Gasteiger partial charge < -0.3 is 9.84 Å². The van der Waals surface area contributed by atoms with Gasteiger partial charge in [0.05, 0.1) is 6.61 Å². The van der Waals surface area contributed by atoms with Crippen LogP contribution in [-0.2, 0) is 14.3 Å². The molecule has 0 heterocycles. The van der Waals surface area contributed by atoms with Crippen molar-refractivity contribution in [2.45, 2.75) is 40.5 Å². The van der Waals surface area contributed by atoms with Gasteiger partial charge >= 0.3 is 11.9 Å². The first-order valence-corrected chi connectivity index (χ1v) is 5.12. The van der Waals surface area contributed by atoms with E-state index in [9.17, 15) is 9.59 Å². The lowest BCUT2D eigenvalue weighted by atomic mass is 9.84. The number of carboxylic acid groups (broad SMARTS) is 1. The summed E-state index contributed by atoms with van der Waals surface area (Å²) < 4.78 is 4.55. The summed E-state index contributed by atoms with van der Waals surface area (Å²) in [7, 11) is 0. The van der Waals surface area contributed by atoms with E-state index < -0.39 is 11.9 Å². The van der Waals surface area contributed by atoms with Crippen LogP contribution in [0, 0.1) is 11.3 Å². The molecule has 0 bridgehead atoms. The quantitative estimate of drug-likeness (QED) is 0.577. The van der Waals surface area contributed by atoms with E-state index in [0.29, 0.717) is 12.3 Å². The van der Waals surface area contributed by atoms with Crippen molar-refractivity contribution in [1.29, 1.82) is 0 Å². The number of carbonyl (C=O) groups is 2. The van der Waals surface area contributed by atoms with Crippen molar-refractivity contribution in [1.82, 2.24) is 0 Å². The molecule has 1 N–H and O–H groups in total. The normalized spacial score (nSPS) is 13.3.